The monoisotopic (exact) mass is 280 g/mol. The molecule has 0 saturated carbocycles. The first kappa shape index (κ1) is 18.7. The van der Waals surface area contributed by atoms with Crippen LogP contribution in [0.3, 0.4) is 0 Å². The highest BCUT2D eigenvalue weighted by Gasteiger charge is 2.02. The molecule has 0 aliphatic carbocycles. The molecule has 0 N–H and O–H groups in total. The minimum atomic E-state index is -0.0819. The minimum absolute atomic E-state index is 0.0819. The lowest BCUT2D eigenvalue weighted by molar-refractivity contribution is -0.143. The van der Waals surface area contributed by atoms with Crippen molar-refractivity contribution >= 4 is 12.3 Å². The summed E-state index contributed by atoms with van der Waals surface area (Å²) in [6, 6.07) is 0. The second kappa shape index (κ2) is 15.8. The van der Waals surface area contributed by atoms with Crippen LogP contribution in [0, 0.1) is 12.3 Å². The summed E-state index contributed by atoms with van der Waals surface area (Å²) in [6.45, 7) is 0.536. The molecule has 0 bridgehead atoms. The Bertz CT molecular complexity index is 278. The van der Waals surface area contributed by atoms with Crippen molar-refractivity contribution in [1.29, 1.82) is 0 Å². The zero-order valence-corrected chi connectivity index (χ0v) is 12.6. The first-order valence-corrected chi connectivity index (χ1v) is 7.84. The maximum Gasteiger partial charge on any atom is 0.305 e. The molecular weight excluding hydrogens is 252 g/mol. The van der Waals surface area contributed by atoms with Crippen LogP contribution in [0.5, 0.6) is 0 Å². The van der Waals surface area contributed by atoms with Crippen LogP contribution in [-0.4, -0.2) is 18.9 Å². The molecule has 0 amide bonds. The van der Waals surface area contributed by atoms with Crippen molar-refractivity contribution in [2.75, 3.05) is 6.61 Å². The largest absolute Gasteiger partial charge is 0.466 e. The van der Waals surface area contributed by atoms with Crippen LogP contribution < -0.4 is 0 Å². The lowest BCUT2D eigenvalue weighted by atomic mass is 10.1. The second-order valence-electron chi connectivity index (χ2n) is 5.06. The molecule has 0 rings (SSSR count). The molecule has 3 heteroatoms. The van der Waals surface area contributed by atoms with Gasteiger partial charge in [-0.15, -0.1) is 12.3 Å². The van der Waals surface area contributed by atoms with Crippen molar-refractivity contribution < 1.29 is 14.3 Å². The third-order valence-electron chi connectivity index (χ3n) is 3.18. The fourth-order valence-corrected chi connectivity index (χ4v) is 1.97. The van der Waals surface area contributed by atoms with Crippen molar-refractivity contribution in [3.8, 4) is 12.3 Å². The zero-order chi connectivity index (χ0) is 14.9. The summed E-state index contributed by atoms with van der Waals surface area (Å²) in [6.07, 6.45) is 17.4. The van der Waals surface area contributed by atoms with E-state index in [-0.39, 0.29) is 5.97 Å². The molecule has 114 valence electrons. The Morgan fingerprint density at radius 3 is 2.35 bits per heavy atom. The molecule has 0 saturated heterocycles. The quantitative estimate of drug-likeness (QED) is 0.209. The van der Waals surface area contributed by atoms with Crippen molar-refractivity contribution in [2.24, 2.45) is 0 Å². The maximum atomic E-state index is 11.4. The van der Waals surface area contributed by atoms with Gasteiger partial charge in [0, 0.05) is 19.3 Å². The summed E-state index contributed by atoms with van der Waals surface area (Å²) < 4.78 is 5.17. The van der Waals surface area contributed by atoms with Gasteiger partial charge >= 0.3 is 5.97 Å². The molecule has 0 aromatic carbocycles. The Morgan fingerprint density at radius 2 is 1.60 bits per heavy atom. The van der Waals surface area contributed by atoms with E-state index in [9.17, 15) is 9.59 Å². The van der Waals surface area contributed by atoms with Gasteiger partial charge < -0.3 is 9.53 Å². The third kappa shape index (κ3) is 14.8. The SMILES string of the molecule is C#CCCCCCCOC(=O)CCCCCCCC=O. The first-order valence-electron chi connectivity index (χ1n) is 7.84. The molecule has 0 aliphatic rings. The molecule has 0 aromatic heterocycles. The summed E-state index contributed by atoms with van der Waals surface area (Å²) in [5, 5.41) is 0. The first-order chi connectivity index (χ1) is 9.81. The third-order valence-corrected chi connectivity index (χ3v) is 3.18. The molecule has 0 radical (unpaired) electrons. The van der Waals surface area contributed by atoms with E-state index in [1.807, 2.05) is 0 Å². The van der Waals surface area contributed by atoms with Crippen molar-refractivity contribution in [2.45, 2.75) is 77.0 Å². The maximum absolute atomic E-state index is 11.4. The molecule has 0 unspecified atom stereocenters. The van der Waals surface area contributed by atoms with Gasteiger partial charge in [-0.05, 0) is 25.7 Å². The lowest BCUT2D eigenvalue weighted by Crippen LogP contribution is -2.05. The van der Waals surface area contributed by atoms with Crippen LogP contribution in [-0.2, 0) is 14.3 Å². The number of terminal acetylenes is 1. The van der Waals surface area contributed by atoms with E-state index in [1.165, 1.54) is 0 Å². The van der Waals surface area contributed by atoms with E-state index >= 15 is 0 Å². The van der Waals surface area contributed by atoms with Gasteiger partial charge in [0.05, 0.1) is 6.61 Å². The summed E-state index contributed by atoms with van der Waals surface area (Å²) >= 11 is 0. The number of carbonyl (C=O) groups excluding carboxylic acids is 2. The lowest BCUT2D eigenvalue weighted by Gasteiger charge is -2.04. The van der Waals surface area contributed by atoms with Gasteiger partial charge in [0.15, 0.2) is 0 Å². The number of hydrogen-bond acceptors (Lipinski definition) is 3. The Kier molecular flexibility index (Phi) is 14.7. The molecule has 0 aliphatic heterocycles. The molecule has 0 aromatic rings. The fourth-order valence-electron chi connectivity index (χ4n) is 1.97. The van der Waals surface area contributed by atoms with Gasteiger partial charge in [0.1, 0.15) is 6.29 Å². The van der Waals surface area contributed by atoms with E-state index in [4.69, 9.17) is 11.2 Å². The molecule has 3 nitrogen and oxygen atoms in total. The number of unbranched alkanes of at least 4 members (excludes halogenated alkanes) is 9. The van der Waals surface area contributed by atoms with Crippen LogP contribution in [0.25, 0.3) is 0 Å². The predicted octanol–water partition coefficient (Wildman–Crippen LogP) is 4.04. The van der Waals surface area contributed by atoms with Crippen LogP contribution >= 0.6 is 0 Å². The van der Waals surface area contributed by atoms with E-state index in [1.54, 1.807) is 0 Å². The Labute approximate surface area is 123 Å². The van der Waals surface area contributed by atoms with Crippen molar-refractivity contribution in [1.82, 2.24) is 0 Å². The van der Waals surface area contributed by atoms with Gasteiger partial charge in [0.25, 0.3) is 0 Å². The summed E-state index contributed by atoms with van der Waals surface area (Å²) in [5.74, 6) is 2.54. The summed E-state index contributed by atoms with van der Waals surface area (Å²) in [5.41, 5.74) is 0. The highest BCUT2D eigenvalue weighted by Crippen LogP contribution is 2.08. The van der Waals surface area contributed by atoms with Crippen molar-refractivity contribution in [3.05, 3.63) is 0 Å². The molecule has 0 atom stereocenters. The zero-order valence-electron chi connectivity index (χ0n) is 12.6. The van der Waals surface area contributed by atoms with Gasteiger partial charge in [-0.1, -0.05) is 32.1 Å². The van der Waals surface area contributed by atoms with E-state index in [2.05, 4.69) is 5.92 Å². The Hall–Kier alpha value is -1.30. The van der Waals surface area contributed by atoms with E-state index < -0.39 is 0 Å². The molecular formula is C17H28O3. The second-order valence-corrected chi connectivity index (χ2v) is 5.06. The minimum Gasteiger partial charge on any atom is -0.466 e. The molecule has 0 spiro atoms. The van der Waals surface area contributed by atoms with Gasteiger partial charge in [-0.25, -0.2) is 0 Å². The molecule has 0 fully saturated rings. The summed E-state index contributed by atoms with van der Waals surface area (Å²) in [7, 11) is 0. The number of carbonyl (C=O) groups is 2. The van der Waals surface area contributed by atoms with Crippen LogP contribution in [0.1, 0.15) is 77.0 Å². The average molecular weight is 280 g/mol. The number of ether oxygens (including phenoxy) is 1. The Balaban J connectivity index is 3.17. The van der Waals surface area contributed by atoms with Crippen molar-refractivity contribution in [3.63, 3.8) is 0 Å². The smallest absolute Gasteiger partial charge is 0.305 e. The number of hydrogen-bond donors (Lipinski definition) is 0. The van der Waals surface area contributed by atoms with Gasteiger partial charge in [-0.2, -0.15) is 0 Å². The summed E-state index contributed by atoms with van der Waals surface area (Å²) in [4.78, 5) is 21.5. The van der Waals surface area contributed by atoms with Crippen LogP contribution in [0.15, 0.2) is 0 Å². The fraction of sp³-hybridized carbons (Fsp3) is 0.765. The van der Waals surface area contributed by atoms with Gasteiger partial charge in [-0.3, -0.25) is 4.79 Å². The average Bonchev–Trinajstić information content (AvgIpc) is 2.45. The van der Waals surface area contributed by atoms with Crippen LogP contribution in [0.4, 0.5) is 0 Å². The topological polar surface area (TPSA) is 43.4 Å². The number of aldehydes is 1. The molecule has 20 heavy (non-hydrogen) atoms. The van der Waals surface area contributed by atoms with E-state index in [0.29, 0.717) is 19.4 Å². The van der Waals surface area contributed by atoms with Gasteiger partial charge in [0.2, 0.25) is 0 Å². The highest BCUT2D eigenvalue weighted by atomic mass is 16.5. The normalized spacial score (nSPS) is 9.95. The highest BCUT2D eigenvalue weighted by molar-refractivity contribution is 5.69. The molecule has 0 heterocycles. The number of rotatable bonds is 14. The van der Waals surface area contributed by atoms with Crippen LogP contribution in [0.2, 0.25) is 0 Å². The predicted molar refractivity (Wildman–Crippen MR) is 81.3 cm³/mol. The van der Waals surface area contributed by atoms with E-state index in [0.717, 1.165) is 70.5 Å². The standard InChI is InChI=1S/C17H28O3/c1-2-3-4-5-10-13-16-20-17(19)14-11-8-6-7-9-12-15-18/h1,15H,3-14,16H2. The number of esters is 1. The Morgan fingerprint density at radius 1 is 0.950 bits per heavy atom.